The number of aliphatic hydroxyl groups excluding tert-OH is 2. The van der Waals surface area contributed by atoms with Crippen LogP contribution in [-0.4, -0.2) is 33.4 Å². The van der Waals surface area contributed by atoms with Crippen LogP contribution >= 0.6 is 0 Å². The molecule has 2 aromatic rings. The SMILES string of the molecule is O[C@H]1[C@H](O)CCC[C@H]1N(Cc1ccccc1)Cc1ccccc1. The van der Waals surface area contributed by atoms with Gasteiger partial charge in [0.05, 0.1) is 12.2 Å². The second-order valence-electron chi connectivity index (χ2n) is 6.43. The minimum Gasteiger partial charge on any atom is -0.390 e. The van der Waals surface area contributed by atoms with Crippen molar-refractivity contribution >= 4 is 0 Å². The van der Waals surface area contributed by atoms with E-state index in [9.17, 15) is 10.2 Å². The van der Waals surface area contributed by atoms with E-state index < -0.39 is 12.2 Å². The van der Waals surface area contributed by atoms with E-state index in [4.69, 9.17) is 0 Å². The van der Waals surface area contributed by atoms with Gasteiger partial charge in [-0.1, -0.05) is 60.7 Å². The van der Waals surface area contributed by atoms with E-state index in [1.807, 2.05) is 36.4 Å². The lowest BCUT2D eigenvalue weighted by Crippen LogP contribution is -2.50. The van der Waals surface area contributed by atoms with Gasteiger partial charge in [0.2, 0.25) is 0 Å². The molecule has 2 aromatic carbocycles. The molecule has 1 saturated carbocycles. The Morgan fingerprint density at radius 1 is 0.783 bits per heavy atom. The fourth-order valence-electron chi connectivity index (χ4n) is 3.46. The lowest BCUT2D eigenvalue weighted by atomic mass is 9.88. The lowest BCUT2D eigenvalue weighted by Gasteiger charge is -2.40. The molecule has 122 valence electrons. The quantitative estimate of drug-likeness (QED) is 0.892. The van der Waals surface area contributed by atoms with Crippen molar-refractivity contribution < 1.29 is 10.2 Å². The van der Waals surface area contributed by atoms with E-state index in [1.165, 1.54) is 11.1 Å². The summed E-state index contributed by atoms with van der Waals surface area (Å²) >= 11 is 0. The Labute approximate surface area is 138 Å². The van der Waals surface area contributed by atoms with Crippen LogP contribution in [0.1, 0.15) is 30.4 Å². The molecule has 0 spiro atoms. The summed E-state index contributed by atoms with van der Waals surface area (Å²) in [7, 11) is 0. The van der Waals surface area contributed by atoms with E-state index in [1.54, 1.807) is 0 Å². The van der Waals surface area contributed by atoms with E-state index in [0.717, 1.165) is 25.9 Å². The van der Waals surface area contributed by atoms with Crippen molar-refractivity contribution in [3.8, 4) is 0 Å². The minimum absolute atomic E-state index is 0.000776. The minimum atomic E-state index is -0.670. The zero-order chi connectivity index (χ0) is 16.1. The van der Waals surface area contributed by atoms with Crippen LogP contribution in [0.2, 0.25) is 0 Å². The first-order chi connectivity index (χ1) is 11.2. The second-order valence-corrected chi connectivity index (χ2v) is 6.43. The van der Waals surface area contributed by atoms with Gasteiger partial charge in [0, 0.05) is 19.1 Å². The fraction of sp³-hybridized carbons (Fsp3) is 0.400. The lowest BCUT2D eigenvalue weighted by molar-refractivity contribution is -0.0689. The third-order valence-electron chi connectivity index (χ3n) is 4.71. The molecule has 0 bridgehead atoms. The van der Waals surface area contributed by atoms with Gasteiger partial charge in [0.25, 0.3) is 0 Å². The summed E-state index contributed by atoms with van der Waals surface area (Å²) in [6.07, 6.45) is 1.31. The van der Waals surface area contributed by atoms with Gasteiger partial charge in [-0.2, -0.15) is 0 Å². The molecule has 0 saturated heterocycles. The zero-order valence-corrected chi connectivity index (χ0v) is 13.4. The standard InChI is InChI=1S/C20H25NO2/c22-19-13-7-12-18(20(19)23)21(14-16-8-3-1-4-9-16)15-17-10-5-2-6-11-17/h1-6,8-11,18-20,22-23H,7,12-15H2/t18-,19-,20-/m1/s1. The smallest absolute Gasteiger partial charge is 0.0953 e. The molecule has 0 amide bonds. The topological polar surface area (TPSA) is 43.7 Å². The Morgan fingerprint density at radius 3 is 1.83 bits per heavy atom. The number of hydrogen-bond acceptors (Lipinski definition) is 3. The summed E-state index contributed by atoms with van der Waals surface area (Å²) in [5.41, 5.74) is 2.46. The highest BCUT2D eigenvalue weighted by Crippen LogP contribution is 2.26. The van der Waals surface area contributed by atoms with Gasteiger partial charge in [0.15, 0.2) is 0 Å². The maximum Gasteiger partial charge on any atom is 0.0953 e. The summed E-state index contributed by atoms with van der Waals surface area (Å²) < 4.78 is 0. The zero-order valence-electron chi connectivity index (χ0n) is 13.4. The van der Waals surface area contributed by atoms with E-state index in [2.05, 4.69) is 29.2 Å². The highest BCUT2D eigenvalue weighted by atomic mass is 16.3. The van der Waals surface area contributed by atoms with Crippen molar-refractivity contribution in [2.24, 2.45) is 0 Å². The van der Waals surface area contributed by atoms with Gasteiger partial charge in [-0.05, 0) is 30.4 Å². The Morgan fingerprint density at radius 2 is 1.30 bits per heavy atom. The Balaban J connectivity index is 1.80. The van der Waals surface area contributed by atoms with Crippen molar-refractivity contribution in [3.05, 3.63) is 71.8 Å². The van der Waals surface area contributed by atoms with Gasteiger partial charge in [-0.15, -0.1) is 0 Å². The van der Waals surface area contributed by atoms with Crippen molar-refractivity contribution in [2.45, 2.75) is 50.6 Å². The molecule has 0 unspecified atom stereocenters. The van der Waals surface area contributed by atoms with Crippen LogP contribution in [0.4, 0.5) is 0 Å². The highest BCUT2D eigenvalue weighted by molar-refractivity contribution is 5.17. The molecular weight excluding hydrogens is 286 g/mol. The van der Waals surface area contributed by atoms with Crippen LogP contribution in [-0.2, 0) is 13.1 Å². The molecule has 3 heteroatoms. The van der Waals surface area contributed by atoms with Crippen molar-refractivity contribution in [2.75, 3.05) is 0 Å². The van der Waals surface area contributed by atoms with Gasteiger partial charge >= 0.3 is 0 Å². The number of benzene rings is 2. The van der Waals surface area contributed by atoms with Crippen LogP contribution < -0.4 is 0 Å². The maximum absolute atomic E-state index is 10.5. The predicted molar refractivity (Wildman–Crippen MR) is 91.8 cm³/mol. The fourth-order valence-corrected chi connectivity index (χ4v) is 3.46. The Kier molecular flexibility index (Phi) is 5.44. The van der Waals surface area contributed by atoms with Gasteiger partial charge in [0.1, 0.15) is 0 Å². The Hall–Kier alpha value is -1.68. The third-order valence-corrected chi connectivity index (χ3v) is 4.71. The van der Waals surface area contributed by atoms with Crippen LogP contribution in [0.3, 0.4) is 0 Å². The van der Waals surface area contributed by atoms with E-state index in [0.29, 0.717) is 6.42 Å². The first-order valence-corrected chi connectivity index (χ1v) is 8.42. The first-order valence-electron chi connectivity index (χ1n) is 8.42. The average Bonchev–Trinajstić information content (AvgIpc) is 2.59. The van der Waals surface area contributed by atoms with Crippen LogP contribution in [0, 0.1) is 0 Å². The molecule has 0 aliphatic heterocycles. The molecular formula is C20H25NO2. The molecule has 3 rings (SSSR count). The summed E-state index contributed by atoms with van der Waals surface area (Å²) in [5, 5.41) is 20.5. The molecule has 23 heavy (non-hydrogen) atoms. The van der Waals surface area contributed by atoms with Gasteiger partial charge < -0.3 is 10.2 Å². The monoisotopic (exact) mass is 311 g/mol. The number of rotatable bonds is 5. The first kappa shape index (κ1) is 16.2. The molecule has 0 radical (unpaired) electrons. The summed E-state index contributed by atoms with van der Waals surface area (Å²) in [4.78, 5) is 2.30. The Bertz CT molecular complexity index is 546. The number of aliphatic hydroxyl groups is 2. The van der Waals surface area contributed by atoms with Crippen molar-refractivity contribution in [1.29, 1.82) is 0 Å². The van der Waals surface area contributed by atoms with Gasteiger partial charge in [-0.3, -0.25) is 4.90 Å². The third kappa shape index (κ3) is 4.20. The second kappa shape index (κ2) is 7.73. The predicted octanol–water partition coefficient (Wildman–Crippen LogP) is 2.96. The largest absolute Gasteiger partial charge is 0.390 e. The van der Waals surface area contributed by atoms with E-state index in [-0.39, 0.29) is 6.04 Å². The summed E-state index contributed by atoms with van der Waals surface area (Å²) in [5.74, 6) is 0. The van der Waals surface area contributed by atoms with Crippen LogP contribution in [0.15, 0.2) is 60.7 Å². The molecule has 3 atom stereocenters. The van der Waals surface area contributed by atoms with Crippen LogP contribution in [0.25, 0.3) is 0 Å². The van der Waals surface area contributed by atoms with Crippen LogP contribution in [0.5, 0.6) is 0 Å². The van der Waals surface area contributed by atoms with E-state index >= 15 is 0 Å². The molecule has 1 fully saturated rings. The van der Waals surface area contributed by atoms with Gasteiger partial charge in [-0.25, -0.2) is 0 Å². The molecule has 1 aliphatic rings. The normalized spacial score (nSPS) is 24.7. The summed E-state index contributed by atoms with van der Waals surface area (Å²) in [6.45, 7) is 1.56. The molecule has 3 nitrogen and oxygen atoms in total. The maximum atomic E-state index is 10.5. The molecule has 1 aliphatic carbocycles. The molecule has 0 heterocycles. The molecule has 0 aromatic heterocycles. The number of hydrogen-bond donors (Lipinski definition) is 2. The average molecular weight is 311 g/mol. The molecule has 2 N–H and O–H groups in total. The van der Waals surface area contributed by atoms with Crippen molar-refractivity contribution in [3.63, 3.8) is 0 Å². The highest BCUT2D eigenvalue weighted by Gasteiger charge is 2.34. The summed E-state index contributed by atoms with van der Waals surface area (Å²) in [6, 6.07) is 20.7. The van der Waals surface area contributed by atoms with Crippen molar-refractivity contribution in [1.82, 2.24) is 4.90 Å². The number of nitrogens with zero attached hydrogens (tertiary/aromatic N) is 1.